The number of Topliss-reactive ketones (excluding diaryl/α,β-unsaturated/α-hetero) is 1. The van der Waals surface area contributed by atoms with Crippen molar-refractivity contribution in [1.82, 2.24) is 5.32 Å². The smallest absolute Gasteiger partial charge is 0.408 e. The molecule has 2 atom stereocenters. The van der Waals surface area contributed by atoms with Crippen molar-refractivity contribution in [2.75, 3.05) is 26.2 Å². The fourth-order valence-corrected chi connectivity index (χ4v) is 6.07. The molecule has 3 aromatic rings. The van der Waals surface area contributed by atoms with E-state index in [1.807, 2.05) is 23.6 Å². The fraction of sp³-hybridized carbons (Fsp3) is 0.333. The van der Waals surface area contributed by atoms with Gasteiger partial charge in [0.25, 0.3) is 0 Å². The zero-order valence-corrected chi connectivity index (χ0v) is 21.1. The predicted octanol–water partition coefficient (Wildman–Crippen LogP) is 2.34. The molecule has 1 unspecified atom stereocenters. The van der Waals surface area contributed by atoms with Crippen molar-refractivity contribution in [2.24, 2.45) is 5.92 Å². The summed E-state index contributed by atoms with van der Waals surface area (Å²) < 4.78 is 33.9. The summed E-state index contributed by atoms with van der Waals surface area (Å²) >= 11 is 1.46. The summed E-state index contributed by atoms with van der Waals surface area (Å²) in [5.41, 5.74) is 1.01. The molecule has 5 nitrogen and oxygen atoms in total. The van der Waals surface area contributed by atoms with Crippen LogP contribution < -0.4 is 17.7 Å². The van der Waals surface area contributed by atoms with Gasteiger partial charge in [0, 0.05) is 18.4 Å². The number of ketones is 1. The monoisotopic (exact) mass is 532 g/mol. The number of fused-ring (bicyclic) bond motifs is 3. The van der Waals surface area contributed by atoms with Crippen LogP contribution in [0.5, 0.6) is 0 Å². The molecule has 1 N–H and O–H groups in total. The van der Waals surface area contributed by atoms with E-state index in [9.17, 15) is 18.4 Å². The van der Waals surface area contributed by atoms with Crippen LogP contribution in [0, 0.1) is 17.6 Å². The number of rotatable bonds is 7. The molecule has 1 amide bonds. The number of nitrogens with one attached hydrogen (secondary N) is 1. The number of quaternary nitrogens is 1. The first-order chi connectivity index (χ1) is 16.9. The second-order valence-corrected chi connectivity index (χ2v) is 10.4. The first kappa shape index (κ1) is 26.3. The molecule has 2 bridgehead atoms. The number of alkyl carbamates (subject to hydrolysis) is 1. The lowest BCUT2D eigenvalue weighted by Gasteiger charge is -2.52. The quantitative estimate of drug-likeness (QED) is 0.375. The number of hydrogen-bond acceptors (Lipinski definition) is 4. The van der Waals surface area contributed by atoms with E-state index < -0.39 is 23.8 Å². The molecule has 0 spiro atoms. The number of benzene rings is 2. The summed E-state index contributed by atoms with van der Waals surface area (Å²) in [5.74, 6) is -1.47. The Morgan fingerprint density at radius 1 is 1.00 bits per heavy atom. The predicted molar refractivity (Wildman–Crippen MR) is 129 cm³/mol. The van der Waals surface area contributed by atoms with Crippen molar-refractivity contribution in [3.63, 3.8) is 0 Å². The zero-order chi connectivity index (χ0) is 24.4. The van der Waals surface area contributed by atoms with Crippen LogP contribution >= 0.6 is 11.3 Å². The molecule has 3 fully saturated rings. The van der Waals surface area contributed by atoms with Gasteiger partial charge in [-0.1, -0.05) is 42.5 Å². The summed E-state index contributed by atoms with van der Waals surface area (Å²) in [4.78, 5) is 26.6. The van der Waals surface area contributed by atoms with Gasteiger partial charge in [0.15, 0.2) is 17.7 Å². The highest BCUT2D eigenvalue weighted by molar-refractivity contribution is 7.12. The molecular formula is C27H27ClF2N2O3S. The molecule has 190 valence electrons. The number of hydrogen-bond donors (Lipinski definition) is 1. The van der Waals surface area contributed by atoms with Crippen molar-refractivity contribution in [2.45, 2.75) is 25.0 Å². The number of carbonyl (C=O) groups excluding carboxylic acids is 2. The Balaban J connectivity index is 0.00000304. The maximum Gasteiger partial charge on any atom is 0.408 e. The van der Waals surface area contributed by atoms with Gasteiger partial charge in [0.1, 0.15) is 6.54 Å². The van der Waals surface area contributed by atoms with Crippen LogP contribution in [-0.4, -0.2) is 48.6 Å². The molecule has 1 aromatic heterocycles. The lowest BCUT2D eigenvalue weighted by molar-refractivity contribution is -0.936. The number of piperidine rings is 3. The molecule has 6 rings (SSSR count). The third kappa shape index (κ3) is 5.61. The third-order valence-corrected chi connectivity index (χ3v) is 8.16. The number of amides is 1. The van der Waals surface area contributed by atoms with E-state index in [4.69, 9.17) is 4.74 Å². The van der Waals surface area contributed by atoms with Crippen molar-refractivity contribution < 1.29 is 40.0 Å². The average molecular weight is 533 g/mol. The fourth-order valence-electron chi connectivity index (χ4n) is 5.42. The summed E-state index contributed by atoms with van der Waals surface area (Å²) in [6, 6.07) is 16.2. The molecule has 0 radical (unpaired) electrons. The maximum atomic E-state index is 14.0. The second kappa shape index (κ2) is 11.1. The Morgan fingerprint density at radius 2 is 1.75 bits per heavy atom. The molecule has 36 heavy (non-hydrogen) atoms. The molecule has 0 aliphatic carbocycles. The van der Waals surface area contributed by atoms with Crippen molar-refractivity contribution >= 4 is 23.2 Å². The van der Waals surface area contributed by atoms with E-state index in [0.717, 1.165) is 42.9 Å². The van der Waals surface area contributed by atoms with Gasteiger partial charge < -0.3 is 26.9 Å². The maximum absolute atomic E-state index is 14.0. The highest BCUT2D eigenvalue weighted by Gasteiger charge is 2.47. The Bertz CT molecular complexity index is 1200. The normalized spacial score (nSPS) is 23.4. The van der Waals surface area contributed by atoms with Crippen LogP contribution in [0.2, 0.25) is 0 Å². The van der Waals surface area contributed by atoms with E-state index in [-0.39, 0.29) is 24.2 Å². The third-order valence-electron chi connectivity index (χ3n) is 7.25. The molecule has 4 heterocycles. The SMILES string of the molecule is O=C(N[C@H]1C[N+]2(CC(=O)c3cccs3)CCC1CC2)OC(c1ccccc1)c1ccc(F)c(F)c1.[Cl-]. The minimum absolute atomic E-state index is 0. The van der Waals surface area contributed by atoms with E-state index in [1.165, 1.54) is 17.4 Å². The molecule has 2 aromatic carbocycles. The van der Waals surface area contributed by atoms with Gasteiger partial charge in [-0.15, -0.1) is 11.3 Å². The summed E-state index contributed by atoms with van der Waals surface area (Å²) in [6.07, 6.45) is 0.392. The Hall–Kier alpha value is -2.81. The van der Waals surface area contributed by atoms with Gasteiger partial charge in [-0.3, -0.25) is 4.79 Å². The Morgan fingerprint density at radius 3 is 2.42 bits per heavy atom. The number of thiophene rings is 1. The topological polar surface area (TPSA) is 55.4 Å². The average Bonchev–Trinajstić information content (AvgIpc) is 3.41. The molecular weight excluding hydrogens is 506 g/mol. The zero-order valence-electron chi connectivity index (χ0n) is 19.5. The van der Waals surface area contributed by atoms with Crippen molar-refractivity contribution in [3.05, 3.63) is 93.7 Å². The Kier molecular flexibility index (Phi) is 8.07. The van der Waals surface area contributed by atoms with E-state index >= 15 is 0 Å². The summed E-state index contributed by atoms with van der Waals surface area (Å²) in [5, 5.41) is 4.93. The van der Waals surface area contributed by atoms with Gasteiger partial charge >= 0.3 is 6.09 Å². The van der Waals surface area contributed by atoms with Gasteiger partial charge in [0.2, 0.25) is 5.78 Å². The molecule has 9 heteroatoms. The van der Waals surface area contributed by atoms with Crippen LogP contribution in [0.3, 0.4) is 0 Å². The van der Waals surface area contributed by atoms with Crippen molar-refractivity contribution in [3.8, 4) is 0 Å². The largest absolute Gasteiger partial charge is 1.00 e. The minimum atomic E-state index is -0.994. The standard InChI is InChI=1S/C27H26F2N2O3S.ClH/c28-21-9-8-20(15-22(21)29)26(19-5-2-1-3-6-19)34-27(33)30-23-16-31(12-10-18(23)11-13-31)17-24(32)25-7-4-14-35-25;/h1-9,14-15,18,23,26H,10-13,16-17H2;1H/t18?,23-,26?,31?;/m0./s1. The van der Waals surface area contributed by atoms with Gasteiger partial charge in [-0.25, -0.2) is 13.6 Å². The first-order valence-electron chi connectivity index (χ1n) is 11.8. The number of halogens is 3. The van der Waals surface area contributed by atoms with Crippen LogP contribution in [0.4, 0.5) is 13.6 Å². The first-order valence-corrected chi connectivity index (χ1v) is 12.7. The van der Waals surface area contributed by atoms with Crippen LogP contribution in [0.1, 0.15) is 39.7 Å². The van der Waals surface area contributed by atoms with Gasteiger partial charge in [-0.05, 0) is 35.1 Å². The number of ether oxygens (including phenoxy) is 1. The molecule has 3 saturated heterocycles. The highest BCUT2D eigenvalue weighted by Crippen LogP contribution is 2.35. The minimum Gasteiger partial charge on any atom is -1.00 e. The highest BCUT2D eigenvalue weighted by atomic mass is 35.5. The number of nitrogens with zero attached hydrogens (tertiary/aromatic N) is 1. The van der Waals surface area contributed by atoms with Crippen LogP contribution in [0.15, 0.2) is 66.0 Å². The lowest BCUT2D eigenvalue weighted by atomic mass is 9.81. The van der Waals surface area contributed by atoms with Crippen LogP contribution in [-0.2, 0) is 4.74 Å². The number of carbonyl (C=O) groups is 2. The molecule has 3 aliphatic heterocycles. The second-order valence-electron chi connectivity index (χ2n) is 9.49. The lowest BCUT2D eigenvalue weighted by Crippen LogP contribution is -3.00. The summed E-state index contributed by atoms with van der Waals surface area (Å²) in [6.45, 7) is 2.97. The van der Waals surface area contributed by atoms with E-state index in [0.29, 0.717) is 34.6 Å². The van der Waals surface area contributed by atoms with E-state index in [2.05, 4.69) is 5.32 Å². The Labute approximate surface area is 219 Å². The molecule has 0 saturated carbocycles. The van der Waals surface area contributed by atoms with Crippen molar-refractivity contribution in [1.29, 1.82) is 0 Å². The van der Waals surface area contributed by atoms with Gasteiger partial charge in [-0.2, -0.15) is 0 Å². The van der Waals surface area contributed by atoms with E-state index in [1.54, 1.807) is 24.3 Å². The molecule has 3 aliphatic rings. The summed E-state index contributed by atoms with van der Waals surface area (Å²) in [7, 11) is 0. The van der Waals surface area contributed by atoms with Gasteiger partial charge in [0.05, 0.1) is 30.6 Å². The van der Waals surface area contributed by atoms with Crippen LogP contribution in [0.25, 0.3) is 0 Å².